The van der Waals surface area contributed by atoms with E-state index >= 15 is 0 Å². The largest absolute Gasteiger partial charge is 0.392 e. The lowest BCUT2D eigenvalue weighted by Crippen LogP contribution is -1.88. The number of allylic oxidation sites excluding steroid dienone is 2. The lowest BCUT2D eigenvalue weighted by atomic mass is 10.0. The molecular weight excluding hydrogens is 184 g/mol. The molecule has 0 aliphatic heterocycles. The Labute approximate surface area is 90.8 Å². The van der Waals surface area contributed by atoms with E-state index in [1.165, 1.54) is 11.1 Å². The lowest BCUT2D eigenvalue weighted by molar-refractivity contribution is 0.342. The number of aliphatic hydroxyl groups is 1. The van der Waals surface area contributed by atoms with Crippen molar-refractivity contribution in [3.8, 4) is 0 Å². The van der Waals surface area contributed by atoms with E-state index in [0.717, 1.165) is 6.42 Å². The first-order valence-electron chi connectivity index (χ1n) is 5.35. The lowest BCUT2D eigenvalue weighted by Gasteiger charge is -2.04. The van der Waals surface area contributed by atoms with Gasteiger partial charge < -0.3 is 5.11 Å². The van der Waals surface area contributed by atoms with E-state index in [1.807, 2.05) is 12.2 Å². The van der Waals surface area contributed by atoms with Crippen LogP contribution in [0, 0.1) is 0 Å². The molecule has 2 unspecified atom stereocenters. The molecular formula is C14H16O. The summed E-state index contributed by atoms with van der Waals surface area (Å²) >= 11 is 0. The summed E-state index contributed by atoms with van der Waals surface area (Å²) in [6.07, 6.45) is 7.03. The van der Waals surface area contributed by atoms with Crippen molar-refractivity contribution in [2.45, 2.75) is 18.3 Å². The summed E-state index contributed by atoms with van der Waals surface area (Å²) in [6.45, 7) is 4.01. The second kappa shape index (κ2) is 4.45. The van der Waals surface area contributed by atoms with E-state index in [2.05, 4.69) is 36.9 Å². The zero-order valence-electron chi connectivity index (χ0n) is 8.76. The number of benzene rings is 1. The maximum atomic E-state index is 8.79. The Morgan fingerprint density at radius 2 is 1.93 bits per heavy atom. The van der Waals surface area contributed by atoms with Crippen LogP contribution in [-0.2, 0) is 0 Å². The van der Waals surface area contributed by atoms with E-state index in [-0.39, 0.29) is 6.61 Å². The number of hydrogen-bond donors (Lipinski definition) is 1. The van der Waals surface area contributed by atoms with Gasteiger partial charge in [-0.2, -0.15) is 0 Å². The summed E-state index contributed by atoms with van der Waals surface area (Å²) in [5, 5.41) is 8.79. The van der Waals surface area contributed by atoms with Crippen LogP contribution >= 0.6 is 0 Å². The Morgan fingerprint density at radius 1 is 1.27 bits per heavy atom. The zero-order valence-corrected chi connectivity index (χ0v) is 8.76. The van der Waals surface area contributed by atoms with Crippen molar-refractivity contribution in [2.75, 3.05) is 6.61 Å². The monoisotopic (exact) mass is 200 g/mol. The van der Waals surface area contributed by atoms with Gasteiger partial charge in [-0.1, -0.05) is 42.5 Å². The van der Waals surface area contributed by atoms with Gasteiger partial charge in [-0.05, 0) is 17.5 Å². The zero-order chi connectivity index (χ0) is 10.7. The third-order valence-electron chi connectivity index (χ3n) is 3.06. The minimum atomic E-state index is 0.122. The maximum absolute atomic E-state index is 8.79. The highest BCUT2D eigenvalue weighted by atomic mass is 16.2. The van der Waals surface area contributed by atoms with Crippen LogP contribution in [0.3, 0.4) is 0 Å². The SMILES string of the molecule is C=CC1CC(C=CCO)c2ccccc21. The molecule has 2 rings (SSSR count). The van der Waals surface area contributed by atoms with E-state index in [1.54, 1.807) is 0 Å². The van der Waals surface area contributed by atoms with Crippen LogP contribution in [-0.4, -0.2) is 11.7 Å². The fourth-order valence-corrected chi connectivity index (χ4v) is 2.34. The van der Waals surface area contributed by atoms with E-state index in [0.29, 0.717) is 11.8 Å². The first-order valence-corrected chi connectivity index (χ1v) is 5.35. The quantitative estimate of drug-likeness (QED) is 0.744. The fraction of sp³-hybridized carbons (Fsp3) is 0.286. The summed E-state index contributed by atoms with van der Waals surface area (Å²) < 4.78 is 0. The highest BCUT2D eigenvalue weighted by Crippen LogP contribution is 2.42. The van der Waals surface area contributed by atoms with Crippen molar-refractivity contribution in [3.63, 3.8) is 0 Å². The van der Waals surface area contributed by atoms with Crippen LogP contribution in [0.5, 0.6) is 0 Å². The van der Waals surface area contributed by atoms with Gasteiger partial charge in [0.15, 0.2) is 0 Å². The molecule has 1 heteroatoms. The number of aliphatic hydroxyl groups excluding tert-OH is 1. The average molecular weight is 200 g/mol. The Hall–Kier alpha value is -1.34. The van der Waals surface area contributed by atoms with Gasteiger partial charge in [0.05, 0.1) is 6.61 Å². The van der Waals surface area contributed by atoms with Gasteiger partial charge in [-0.15, -0.1) is 6.58 Å². The normalized spacial score (nSPS) is 24.3. The van der Waals surface area contributed by atoms with E-state index in [9.17, 15) is 0 Å². The standard InChI is InChI=1S/C14H16O/c1-2-11-10-12(6-5-9-15)14-8-4-3-7-13(11)14/h2-8,11-12,15H,1,9-10H2. The first-order chi connectivity index (χ1) is 7.36. The molecule has 1 aliphatic rings. The minimum Gasteiger partial charge on any atom is -0.392 e. The molecule has 0 heterocycles. The molecule has 2 atom stereocenters. The third kappa shape index (κ3) is 1.88. The molecule has 0 saturated heterocycles. The van der Waals surface area contributed by atoms with Crippen LogP contribution in [0.25, 0.3) is 0 Å². The molecule has 0 fully saturated rings. The highest BCUT2D eigenvalue weighted by Gasteiger charge is 2.26. The smallest absolute Gasteiger partial charge is 0.0612 e. The van der Waals surface area contributed by atoms with Gasteiger partial charge in [0.2, 0.25) is 0 Å². The van der Waals surface area contributed by atoms with Gasteiger partial charge in [-0.25, -0.2) is 0 Å². The minimum absolute atomic E-state index is 0.122. The maximum Gasteiger partial charge on any atom is 0.0612 e. The molecule has 0 amide bonds. The van der Waals surface area contributed by atoms with Crippen molar-refractivity contribution in [3.05, 3.63) is 60.2 Å². The summed E-state index contributed by atoms with van der Waals surface area (Å²) in [5.74, 6) is 0.908. The van der Waals surface area contributed by atoms with Gasteiger partial charge in [0.25, 0.3) is 0 Å². The summed E-state index contributed by atoms with van der Waals surface area (Å²) in [6, 6.07) is 8.50. The topological polar surface area (TPSA) is 20.2 Å². The van der Waals surface area contributed by atoms with Gasteiger partial charge >= 0.3 is 0 Å². The van der Waals surface area contributed by atoms with Gasteiger partial charge in [0, 0.05) is 11.8 Å². The van der Waals surface area contributed by atoms with Gasteiger partial charge in [0.1, 0.15) is 0 Å². The van der Waals surface area contributed by atoms with Crippen LogP contribution in [0.1, 0.15) is 29.4 Å². The Bertz CT molecular complexity index is 379. The first kappa shape index (κ1) is 10.2. The van der Waals surface area contributed by atoms with Crippen LogP contribution in [0.2, 0.25) is 0 Å². The third-order valence-corrected chi connectivity index (χ3v) is 3.06. The van der Waals surface area contributed by atoms with Crippen molar-refractivity contribution in [1.82, 2.24) is 0 Å². The predicted molar refractivity (Wildman–Crippen MR) is 63.0 cm³/mol. The van der Waals surface area contributed by atoms with Crippen molar-refractivity contribution in [2.24, 2.45) is 0 Å². The van der Waals surface area contributed by atoms with E-state index < -0.39 is 0 Å². The molecule has 1 N–H and O–H groups in total. The molecule has 0 bridgehead atoms. The van der Waals surface area contributed by atoms with E-state index in [4.69, 9.17) is 5.11 Å². The second-order valence-electron chi connectivity index (χ2n) is 3.92. The van der Waals surface area contributed by atoms with Gasteiger partial charge in [-0.3, -0.25) is 0 Å². The van der Waals surface area contributed by atoms with Crippen LogP contribution in [0.4, 0.5) is 0 Å². The molecule has 0 radical (unpaired) electrons. The number of hydrogen-bond acceptors (Lipinski definition) is 1. The van der Waals surface area contributed by atoms with Crippen LogP contribution < -0.4 is 0 Å². The molecule has 1 nitrogen and oxygen atoms in total. The molecule has 0 spiro atoms. The van der Waals surface area contributed by atoms with Crippen molar-refractivity contribution in [1.29, 1.82) is 0 Å². The number of fused-ring (bicyclic) bond motifs is 1. The molecule has 15 heavy (non-hydrogen) atoms. The molecule has 1 aliphatic carbocycles. The fourth-order valence-electron chi connectivity index (χ4n) is 2.34. The Kier molecular flexibility index (Phi) is 3.02. The molecule has 78 valence electrons. The Morgan fingerprint density at radius 3 is 2.53 bits per heavy atom. The molecule has 1 aromatic carbocycles. The van der Waals surface area contributed by atoms with Crippen molar-refractivity contribution >= 4 is 0 Å². The molecule has 0 aromatic heterocycles. The molecule has 1 aromatic rings. The van der Waals surface area contributed by atoms with Crippen LogP contribution in [0.15, 0.2) is 49.1 Å². The predicted octanol–water partition coefficient (Wildman–Crippen LogP) is 2.99. The van der Waals surface area contributed by atoms with Crippen molar-refractivity contribution < 1.29 is 5.11 Å². The summed E-state index contributed by atoms with van der Waals surface area (Å²) in [4.78, 5) is 0. The number of rotatable bonds is 3. The summed E-state index contributed by atoms with van der Waals surface area (Å²) in [5.41, 5.74) is 2.77. The highest BCUT2D eigenvalue weighted by molar-refractivity contribution is 5.42. The Balaban J connectivity index is 2.33. The molecule has 0 saturated carbocycles. The average Bonchev–Trinajstić information content (AvgIpc) is 2.65. The second-order valence-corrected chi connectivity index (χ2v) is 3.92. The summed E-state index contributed by atoms with van der Waals surface area (Å²) in [7, 11) is 0.